The van der Waals surface area contributed by atoms with Crippen LogP contribution in [0.15, 0.2) is 18.2 Å². The average Bonchev–Trinajstić information content (AvgIpc) is 2.27. The van der Waals surface area contributed by atoms with Crippen LogP contribution in [0.25, 0.3) is 0 Å². The third-order valence-electron chi connectivity index (χ3n) is 2.36. The van der Waals surface area contributed by atoms with Gasteiger partial charge in [0.05, 0.1) is 11.0 Å². The second-order valence-corrected chi connectivity index (χ2v) is 5.49. The van der Waals surface area contributed by atoms with Gasteiger partial charge in [0.2, 0.25) is 0 Å². The number of hydrogen-bond acceptors (Lipinski definition) is 5. The van der Waals surface area contributed by atoms with E-state index in [2.05, 4.69) is 5.32 Å². The Balaban J connectivity index is 3.06. The molecule has 0 saturated carbocycles. The lowest BCUT2D eigenvalue weighted by molar-refractivity contribution is -0.385. The van der Waals surface area contributed by atoms with Crippen molar-refractivity contribution < 1.29 is 9.66 Å². The molecule has 0 aliphatic carbocycles. The molecule has 6 heteroatoms. The number of thioether (sulfide) groups is 1. The van der Waals surface area contributed by atoms with E-state index in [1.165, 1.54) is 0 Å². The van der Waals surface area contributed by atoms with Crippen LogP contribution in [0, 0.1) is 10.1 Å². The Kier molecular flexibility index (Phi) is 5.95. The van der Waals surface area contributed by atoms with Gasteiger partial charge >= 0.3 is 5.69 Å². The first-order valence-electron chi connectivity index (χ1n) is 6.15. The summed E-state index contributed by atoms with van der Waals surface area (Å²) in [5, 5.41) is 14.4. The van der Waals surface area contributed by atoms with Gasteiger partial charge in [-0.1, -0.05) is 6.07 Å². The predicted molar refractivity (Wildman–Crippen MR) is 80.3 cm³/mol. The molecule has 106 valence electrons. The standard InChI is InChI=1S/C13H20N2O3S/c1-9(2)18-12-7-5-6-11(13(12)15(16)17)14-10(3)8-19-4/h5-7,9-10,14H,8H2,1-4H3. The van der Waals surface area contributed by atoms with Crippen molar-refractivity contribution >= 4 is 23.1 Å². The van der Waals surface area contributed by atoms with Gasteiger partial charge in [-0.25, -0.2) is 0 Å². The van der Waals surface area contributed by atoms with Crippen molar-refractivity contribution in [1.82, 2.24) is 0 Å². The van der Waals surface area contributed by atoms with Crippen LogP contribution in [0.2, 0.25) is 0 Å². The summed E-state index contributed by atoms with van der Waals surface area (Å²) in [6.07, 6.45) is 1.91. The maximum absolute atomic E-state index is 11.2. The molecule has 0 aromatic heterocycles. The van der Waals surface area contributed by atoms with Crippen molar-refractivity contribution in [2.45, 2.75) is 32.9 Å². The van der Waals surface area contributed by atoms with E-state index < -0.39 is 4.92 Å². The molecular weight excluding hydrogens is 264 g/mol. The van der Waals surface area contributed by atoms with Crippen molar-refractivity contribution in [2.75, 3.05) is 17.3 Å². The Bertz CT molecular complexity index is 438. The molecule has 0 bridgehead atoms. The molecule has 0 aliphatic heterocycles. The van der Waals surface area contributed by atoms with Gasteiger partial charge in [-0.3, -0.25) is 10.1 Å². The van der Waals surface area contributed by atoms with Gasteiger partial charge in [-0.05, 0) is 39.2 Å². The van der Waals surface area contributed by atoms with Crippen LogP contribution in [0.5, 0.6) is 5.75 Å². The fraction of sp³-hybridized carbons (Fsp3) is 0.538. The highest BCUT2D eigenvalue weighted by atomic mass is 32.2. The fourth-order valence-corrected chi connectivity index (χ4v) is 2.32. The monoisotopic (exact) mass is 284 g/mol. The zero-order valence-corrected chi connectivity index (χ0v) is 12.5. The van der Waals surface area contributed by atoms with Gasteiger partial charge in [0.25, 0.3) is 0 Å². The number of nitrogens with zero attached hydrogens (tertiary/aromatic N) is 1. The molecule has 5 nitrogen and oxygen atoms in total. The topological polar surface area (TPSA) is 64.4 Å². The molecule has 1 atom stereocenters. The summed E-state index contributed by atoms with van der Waals surface area (Å²) < 4.78 is 5.50. The van der Waals surface area contributed by atoms with Crippen LogP contribution >= 0.6 is 11.8 Å². The third-order valence-corrected chi connectivity index (χ3v) is 3.20. The van der Waals surface area contributed by atoms with Crippen molar-refractivity contribution in [1.29, 1.82) is 0 Å². The van der Waals surface area contributed by atoms with Crippen molar-refractivity contribution in [3.05, 3.63) is 28.3 Å². The number of anilines is 1. The molecule has 0 heterocycles. The SMILES string of the molecule is CSCC(C)Nc1cccc(OC(C)C)c1[N+](=O)[O-]. The van der Waals surface area contributed by atoms with Crippen LogP contribution in [0.3, 0.4) is 0 Å². The Hall–Kier alpha value is -1.43. The van der Waals surface area contributed by atoms with Crippen LogP contribution in [-0.2, 0) is 0 Å². The van der Waals surface area contributed by atoms with Crippen LogP contribution in [0.4, 0.5) is 11.4 Å². The molecule has 1 aromatic rings. The van der Waals surface area contributed by atoms with Gasteiger partial charge in [0.1, 0.15) is 5.69 Å². The molecule has 1 rings (SSSR count). The number of ether oxygens (including phenoxy) is 1. The zero-order chi connectivity index (χ0) is 14.4. The maximum Gasteiger partial charge on any atom is 0.333 e. The minimum absolute atomic E-state index is 0.00385. The van der Waals surface area contributed by atoms with E-state index in [4.69, 9.17) is 4.74 Å². The van der Waals surface area contributed by atoms with E-state index in [9.17, 15) is 10.1 Å². The normalized spacial score (nSPS) is 12.3. The van der Waals surface area contributed by atoms with Gasteiger partial charge in [0, 0.05) is 11.8 Å². The summed E-state index contributed by atoms with van der Waals surface area (Å²) in [6.45, 7) is 5.69. The second-order valence-electron chi connectivity index (χ2n) is 4.58. The van der Waals surface area contributed by atoms with Crippen molar-refractivity contribution in [3.8, 4) is 5.75 Å². The summed E-state index contributed by atoms with van der Waals surface area (Å²) in [7, 11) is 0. The second kappa shape index (κ2) is 7.23. The van der Waals surface area contributed by atoms with Gasteiger partial charge < -0.3 is 10.1 Å². The number of nitro groups is 1. The molecule has 19 heavy (non-hydrogen) atoms. The minimum Gasteiger partial charge on any atom is -0.484 e. The number of nitro benzene ring substituents is 1. The third kappa shape index (κ3) is 4.63. The van der Waals surface area contributed by atoms with Crippen LogP contribution in [-0.4, -0.2) is 29.1 Å². The van der Waals surface area contributed by atoms with Crippen LogP contribution < -0.4 is 10.1 Å². The molecular formula is C13H20N2O3S. The number of nitrogens with one attached hydrogen (secondary N) is 1. The number of hydrogen-bond donors (Lipinski definition) is 1. The van der Waals surface area contributed by atoms with Gasteiger partial charge in [-0.15, -0.1) is 0 Å². The highest BCUT2D eigenvalue weighted by molar-refractivity contribution is 7.98. The molecule has 1 unspecified atom stereocenters. The summed E-state index contributed by atoms with van der Waals surface area (Å²) in [6, 6.07) is 5.26. The molecule has 1 N–H and O–H groups in total. The molecule has 0 spiro atoms. The van der Waals surface area contributed by atoms with Gasteiger partial charge in [-0.2, -0.15) is 11.8 Å². The van der Waals surface area contributed by atoms with Crippen molar-refractivity contribution in [2.24, 2.45) is 0 Å². The van der Waals surface area contributed by atoms with E-state index >= 15 is 0 Å². The number of para-hydroxylation sites is 1. The molecule has 0 aliphatic rings. The van der Waals surface area contributed by atoms with E-state index in [-0.39, 0.29) is 17.8 Å². The Morgan fingerprint density at radius 3 is 2.63 bits per heavy atom. The molecule has 0 amide bonds. The first kappa shape index (κ1) is 15.6. The highest BCUT2D eigenvalue weighted by Gasteiger charge is 2.22. The smallest absolute Gasteiger partial charge is 0.333 e. The van der Waals surface area contributed by atoms with E-state index in [0.717, 1.165) is 5.75 Å². The summed E-state index contributed by atoms with van der Waals surface area (Å²) in [5.74, 6) is 1.19. The Morgan fingerprint density at radius 1 is 1.42 bits per heavy atom. The average molecular weight is 284 g/mol. The molecule has 0 fully saturated rings. The lowest BCUT2D eigenvalue weighted by atomic mass is 10.2. The van der Waals surface area contributed by atoms with E-state index in [0.29, 0.717) is 11.4 Å². The lowest BCUT2D eigenvalue weighted by Crippen LogP contribution is -2.19. The van der Waals surface area contributed by atoms with Gasteiger partial charge in [0.15, 0.2) is 5.75 Å². The molecule has 0 radical (unpaired) electrons. The van der Waals surface area contributed by atoms with Crippen LogP contribution in [0.1, 0.15) is 20.8 Å². The van der Waals surface area contributed by atoms with E-state index in [1.807, 2.05) is 27.0 Å². The zero-order valence-electron chi connectivity index (χ0n) is 11.7. The molecule has 1 aromatic carbocycles. The Morgan fingerprint density at radius 2 is 2.11 bits per heavy atom. The highest BCUT2D eigenvalue weighted by Crippen LogP contribution is 2.35. The Labute approximate surface area is 117 Å². The number of benzene rings is 1. The first-order valence-corrected chi connectivity index (χ1v) is 7.54. The van der Waals surface area contributed by atoms with Crippen molar-refractivity contribution in [3.63, 3.8) is 0 Å². The first-order chi connectivity index (χ1) is 8.95. The lowest BCUT2D eigenvalue weighted by Gasteiger charge is -2.16. The summed E-state index contributed by atoms with van der Waals surface area (Å²) in [4.78, 5) is 10.8. The summed E-state index contributed by atoms with van der Waals surface area (Å²) >= 11 is 1.69. The predicted octanol–water partition coefficient (Wildman–Crippen LogP) is 3.55. The maximum atomic E-state index is 11.2. The summed E-state index contributed by atoms with van der Waals surface area (Å²) in [5.41, 5.74) is 0.508. The fourth-order valence-electron chi connectivity index (χ4n) is 1.73. The van der Waals surface area contributed by atoms with E-state index in [1.54, 1.807) is 30.0 Å². The quantitative estimate of drug-likeness (QED) is 0.613. The minimum atomic E-state index is -0.397. The largest absolute Gasteiger partial charge is 0.484 e. The molecule has 0 saturated heterocycles. The number of rotatable bonds is 7.